The van der Waals surface area contributed by atoms with Gasteiger partial charge in [0.15, 0.2) is 0 Å². The van der Waals surface area contributed by atoms with Crippen molar-refractivity contribution in [1.29, 1.82) is 0 Å². The number of halogens is 3. The molecule has 2 aromatic rings. The molecule has 4 nitrogen and oxygen atoms in total. The number of allylic oxidation sites excluding steroid dienone is 1. The molecular formula is C17H21F3N4. The fraction of sp³-hybridized carbons (Fsp3) is 0.412. The molecule has 2 heterocycles. The average Bonchev–Trinajstić information content (AvgIpc) is 2.91. The highest BCUT2D eigenvalue weighted by molar-refractivity contribution is 5.62. The predicted octanol–water partition coefficient (Wildman–Crippen LogP) is 4.64. The summed E-state index contributed by atoms with van der Waals surface area (Å²) in [6.07, 6.45) is 2.75. The highest BCUT2D eigenvalue weighted by Gasteiger charge is 2.34. The molecule has 0 saturated carbocycles. The third-order valence-corrected chi connectivity index (χ3v) is 3.78. The zero-order chi connectivity index (χ0) is 17.9. The van der Waals surface area contributed by atoms with Crippen molar-refractivity contribution >= 4 is 5.82 Å². The molecule has 0 radical (unpaired) electrons. The van der Waals surface area contributed by atoms with Crippen molar-refractivity contribution in [3.8, 4) is 11.3 Å². The number of aryl methyl sites for hydroxylation is 1. The normalized spacial score (nSPS) is 13.0. The Morgan fingerprint density at radius 3 is 2.71 bits per heavy atom. The van der Waals surface area contributed by atoms with Gasteiger partial charge in [-0.1, -0.05) is 13.0 Å². The summed E-state index contributed by atoms with van der Waals surface area (Å²) in [5.74, 6) is 0.312. The number of hydrogen-bond donors (Lipinski definition) is 1. The molecule has 2 aromatic heterocycles. The van der Waals surface area contributed by atoms with E-state index in [1.54, 1.807) is 6.20 Å². The van der Waals surface area contributed by atoms with Crippen LogP contribution in [0.2, 0.25) is 0 Å². The quantitative estimate of drug-likeness (QED) is 0.781. The second kappa shape index (κ2) is 7.07. The molecule has 1 unspecified atom stereocenters. The lowest BCUT2D eigenvalue weighted by Gasteiger charge is -2.14. The first-order chi connectivity index (χ1) is 11.3. The smallest absolute Gasteiger partial charge is 0.383 e. The number of pyridine rings is 1. The molecule has 0 aliphatic rings. The van der Waals surface area contributed by atoms with Gasteiger partial charge in [0.05, 0.1) is 11.3 Å². The zero-order valence-corrected chi connectivity index (χ0v) is 13.8. The molecule has 0 spiro atoms. The van der Waals surface area contributed by atoms with Crippen LogP contribution in [-0.4, -0.2) is 14.5 Å². The van der Waals surface area contributed by atoms with E-state index in [9.17, 15) is 13.2 Å². The van der Waals surface area contributed by atoms with E-state index in [-0.39, 0.29) is 6.04 Å². The van der Waals surface area contributed by atoms with Crippen LogP contribution in [0.15, 0.2) is 31.1 Å². The number of nitrogen functional groups attached to an aromatic ring is 1. The molecular weight excluding hydrogens is 317 g/mol. The van der Waals surface area contributed by atoms with E-state index in [0.29, 0.717) is 11.3 Å². The van der Waals surface area contributed by atoms with Gasteiger partial charge in [-0.25, -0.2) is 9.97 Å². The van der Waals surface area contributed by atoms with Crippen LogP contribution in [0.4, 0.5) is 19.0 Å². The molecule has 0 amide bonds. The van der Waals surface area contributed by atoms with Crippen LogP contribution in [0, 0.1) is 0 Å². The van der Waals surface area contributed by atoms with Gasteiger partial charge in [0, 0.05) is 30.4 Å². The number of rotatable bonds is 6. The number of hydrogen-bond acceptors (Lipinski definition) is 3. The first-order valence-electron chi connectivity index (χ1n) is 7.79. The molecule has 0 aliphatic carbocycles. The summed E-state index contributed by atoms with van der Waals surface area (Å²) in [6, 6.07) is 1.14. The van der Waals surface area contributed by atoms with Crippen LogP contribution in [0.3, 0.4) is 0 Å². The number of alkyl halides is 3. The van der Waals surface area contributed by atoms with Gasteiger partial charge in [0.2, 0.25) is 0 Å². The lowest BCUT2D eigenvalue weighted by atomic mass is 10.1. The third-order valence-electron chi connectivity index (χ3n) is 3.78. The summed E-state index contributed by atoms with van der Waals surface area (Å²) < 4.78 is 41.1. The fourth-order valence-electron chi connectivity index (χ4n) is 2.56. The van der Waals surface area contributed by atoms with Gasteiger partial charge in [0.25, 0.3) is 0 Å². The molecule has 0 bridgehead atoms. The molecule has 130 valence electrons. The number of imidazole rings is 1. The van der Waals surface area contributed by atoms with E-state index < -0.39 is 17.6 Å². The van der Waals surface area contributed by atoms with Gasteiger partial charge < -0.3 is 10.3 Å². The van der Waals surface area contributed by atoms with Gasteiger partial charge in [-0.05, 0) is 25.8 Å². The van der Waals surface area contributed by atoms with Gasteiger partial charge in [-0.15, -0.1) is 6.58 Å². The second-order valence-corrected chi connectivity index (χ2v) is 5.73. The lowest BCUT2D eigenvalue weighted by Crippen LogP contribution is -2.10. The van der Waals surface area contributed by atoms with Crippen molar-refractivity contribution < 1.29 is 13.2 Å². The molecule has 0 aromatic carbocycles. The standard InChI is InChI=1S/C17H21F3N4/c1-4-6-11(3)24-10-14(23-15(24)7-5-2)12-8-13(17(18,19)20)16(21)22-9-12/h4,8-11H,1,5-7H2,2-3H3,(H2,21,22). The number of anilines is 1. The molecule has 24 heavy (non-hydrogen) atoms. The van der Waals surface area contributed by atoms with Gasteiger partial charge >= 0.3 is 6.18 Å². The van der Waals surface area contributed by atoms with E-state index in [0.717, 1.165) is 31.2 Å². The van der Waals surface area contributed by atoms with Gasteiger partial charge in [0.1, 0.15) is 11.6 Å². The topological polar surface area (TPSA) is 56.7 Å². The van der Waals surface area contributed by atoms with Crippen LogP contribution in [-0.2, 0) is 12.6 Å². The third kappa shape index (κ3) is 3.77. The Hall–Kier alpha value is -2.31. The molecule has 7 heteroatoms. The van der Waals surface area contributed by atoms with Crippen LogP contribution >= 0.6 is 0 Å². The molecule has 1 atom stereocenters. The van der Waals surface area contributed by atoms with Crippen LogP contribution in [0.1, 0.15) is 44.1 Å². The lowest BCUT2D eigenvalue weighted by molar-refractivity contribution is -0.137. The monoisotopic (exact) mass is 338 g/mol. The molecule has 2 rings (SSSR count). The maximum atomic E-state index is 13.0. The highest BCUT2D eigenvalue weighted by atomic mass is 19.4. The van der Waals surface area contributed by atoms with Gasteiger partial charge in [-0.3, -0.25) is 0 Å². The fourth-order valence-corrected chi connectivity index (χ4v) is 2.56. The summed E-state index contributed by atoms with van der Waals surface area (Å²) in [7, 11) is 0. The van der Waals surface area contributed by atoms with E-state index in [1.807, 2.05) is 24.5 Å². The minimum absolute atomic E-state index is 0.133. The van der Waals surface area contributed by atoms with E-state index in [4.69, 9.17) is 5.73 Å². The average molecular weight is 338 g/mol. The van der Waals surface area contributed by atoms with Crippen molar-refractivity contribution in [1.82, 2.24) is 14.5 Å². The minimum Gasteiger partial charge on any atom is -0.383 e. The maximum absolute atomic E-state index is 13.0. The Morgan fingerprint density at radius 2 is 2.12 bits per heavy atom. The van der Waals surface area contributed by atoms with E-state index in [1.165, 1.54) is 6.20 Å². The summed E-state index contributed by atoms with van der Waals surface area (Å²) in [5, 5.41) is 0. The predicted molar refractivity (Wildman–Crippen MR) is 88.4 cm³/mol. The second-order valence-electron chi connectivity index (χ2n) is 5.73. The highest BCUT2D eigenvalue weighted by Crippen LogP contribution is 2.35. The Labute approximate surface area is 139 Å². The van der Waals surface area contributed by atoms with E-state index in [2.05, 4.69) is 16.5 Å². The molecule has 0 saturated heterocycles. The summed E-state index contributed by atoms with van der Waals surface area (Å²) in [5.41, 5.74) is 5.19. The zero-order valence-electron chi connectivity index (χ0n) is 13.8. The number of aromatic nitrogens is 3. The first-order valence-corrected chi connectivity index (χ1v) is 7.79. The van der Waals surface area contributed by atoms with Crippen molar-refractivity contribution in [3.63, 3.8) is 0 Å². The Kier molecular flexibility index (Phi) is 5.31. The Morgan fingerprint density at radius 1 is 1.42 bits per heavy atom. The summed E-state index contributed by atoms with van der Waals surface area (Å²) >= 11 is 0. The van der Waals surface area contributed by atoms with Crippen LogP contribution in [0.25, 0.3) is 11.3 Å². The number of nitrogens with zero attached hydrogens (tertiary/aromatic N) is 3. The largest absolute Gasteiger partial charge is 0.419 e. The Balaban J connectivity index is 2.49. The van der Waals surface area contributed by atoms with E-state index >= 15 is 0 Å². The minimum atomic E-state index is -4.54. The maximum Gasteiger partial charge on any atom is 0.419 e. The summed E-state index contributed by atoms with van der Waals surface area (Å²) in [4.78, 5) is 8.19. The number of nitrogens with two attached hydrogens (primary N) is 1. The van der Waals surface area contributed by atoms with Crippen molar-refractivity contribution in [2.24, 2.45) is 0 Å². The molecule has 2 N–H and O–H groups in total. The first kappa shape index (κ1) is 18.0. The molecule has 0 aliphatic heterocycles. The summed E-state index contributed by atoms with van der Waals surface area (Å²) in [6.45, 7) is 7.79. The van der Waals surface area contributed by atoms with Crippen molar-refractivity contribution in [2.45, 2.75) is 45.3 Å². The van der Waals surface area contributed by atoms with Gasteiger partial charge in [-0.2, -0.15) is 13.2 Å². The Bertz CT molecular complexity index is 719. The van der Waals surface area contributed by atoms with Crippen LogP contribution in [0.5, 0.6) is 0 Å². The van der Waals surface area contributed by atoms with Crippen LogP contribution < -0.4 is 5.73 Å². The molecule has 0 fully saturated rings. The van der Waals surface area contributed by atoms with Crippen molar-refractivity contribution in [3.05, 3.63) is 42.5 Å². The van der Waals surface area contributed by atoms with Crippen molar-refractivity contribution in [2.75, 3.05) is 5.73 Å². The SMILES string of the molecule is C=CCC(C)n1cc(-c2cnc(N)c(C(F)(F)F)c2)nc1CCC.